The van der Waals surface area contributed by atoms with Gasteiger partial charge >= 0.3 is 5.97 Å². The average molecular weight is 242 g/mol. The van der Waals surface area contributed by atoms with Crippen molar-refractivity contribution >= 4 is 16.9 Å². The second-order valence-corrected chi connectivity index (χ2v) is 3.74. The third-order valence-electron chi connectivity index (χ3n) is 2.66. The molecule has 3 rings (SSSR count). The number of methoxy groups -OCH3 is 1. The number of hydrogen-bond acceptors (Lipinski definition) is 4. The van der Waals surface area contributed by atoms with Gasteiger partial charge in [0, 0.05) is 11.5 Å². The standard InChI is InChI=1S/C13H10N2O3/c1-17-13(16)11-6-7-12(18-11)15-10-5-3-2-4-9(10)8-14-15/h2-8H,1H3. The number of rotatable bonds is 2. The molecule has 0 unspecified atom stereocenters. The number of hydrogen-bond donors (Lipinski definition) is 0. The van der Waals surface area contributed by atoms with Gasteiger partial charge in [0.25, 0.3) is 0 Å². The maximum absolute atomic E-state index is 11.3. The minimum atomic E-state index is -0.502. The molecule has 0 spiro atoms. The molecule has 2 heterocycles. The number of fused-ring (bicyclic) bond motifs is 1. The molecule has 18 heavy (non-hydrogen) atoms. The lowest BCUT2D eigenvalue weighted by atomic mass is 10.3. The highest BCUT2D eigenvalue weighted by Crippen LogP contribution is 2.19. The van der Waals surface area contributed by atoms with E-state index in [2.05, 4.69) is 9.84 Å². The van der Waals surface area contributed by atoms with E-state index in [0.29, 0.717) is 5.88 Å². The van der Waals surface area contributed by atoms with Crippen LogP contribution in [0.2, 0.25) is 0 Å². The van der Waals surface area contributed by atoms with Gasteiger partial charge in [-0.25, -0.2) is 9.48 Å². The molecule has 0 fully saturated rings. The number of benzene rings is 1. The van der Waals surface area contributed by atoms with Crippen LogP contribution in [0.5, 0.6) is 0 Å². The molecule has 1 aromatic carbocycles. The molecule has 0 atom stereocenters. The largest absolute Gasteiger partial charge is 0.463 e. The zero-order chi connectivity index (χ0) is 12.5. The van der Waals surface area contributed by atoms with E-state index in [9.17, 15) is 4.79 Å². The van der Waals surface area contributed by atoms with Gasteiger partial charge < -0.3 is 9.15 Å². The van der Waals surface area contributed by atoms with Crippen LogP contribution in [-0.4, -0.2) is 22.9 Å². The Labute approximate surface area is 103 Å². The first-order chi connectivity index (χ1) is 8.79. The van der Waals surface area contributed by atoms with Crippen molar-refractivity contribution in [3.63, 3.8) is 0 Å². The van der Waals surface area contributed by atoms with Gasteiger partial charge in [-0.15, -0.1) is 0 Å². The highest BCUT2D eigenvalue weighted by Gasteiger charge is 2.13. The first-order valence-corrected chi connectivity index (χ1v) is 5.41. The van der Waals surface area contributed by atoms with E-state index >= 15 is 0 Å². The molecule has 0 saturated carbocycles. The van der Waals surface area contributed by atoms with Gasteiger partial charge in [-0.1, -0.05) is 18.2 Å². The average Bonchev–Trinajstić information content (AvgIpc) is 3.03. The molecular weight excluding hydrogens is 232 g/mol. The van der Waals surface area contributed by atoms with Gasteiger partial charge in [0.2, 0.25) is 11.6 Å². The van der Waals surface area contributed by atoms with Crippen molar-refractivity contribution in [2.24, 2.45) is 0 Å². The summed E-state index contributed by atoms with van der Waals surface area (Å²) in [5.41, 5.74) is 0.920. The number of esters is 1. The first-order valence-electron chi connectivity index (χ1n) is 5.41. The molecule has 2 aromatic heterocycles. The molecule has 0 radical (unpaired) electrons. The summed E-state index contributed by atoms with van der Waals surface area (Å²) in [6, 6.07) is 11.0. The van der Waals surface area contributed by atoms with Gasteiger partial charge in [0.05, 0.1) is 18.8 Å². The lowest BCUT2D eigenvalue weighted by Gasteiger charge is -1.98. The van der Waals surface area contributed by atoms with E-state index in [1.807, 2.05) is 24.3 Å². The van der Waals surface area contributed by atoms with Crippen molar-refractivity contribution < 1.29 is 13.9 Å². The van der Waals surface area contributed by atoms with Crippen LogP contribution in [0.25, 0.3) is 16.8 Å². The number of aromatic nitrogens is 2. The third kappa shape index (κ3) is 1.57. The summed E-state index contributed by atoms with van der Waals surface area (Å²) in [6.45, 7) is 0. The Kier molecular flexibility index (Phi) is 2.37. The summed E-state index contributed by atoms with van der Waals surface area (Å²) >= 11 is 0. The first kappa shape index (κ1) is 10.6. The number of carbonyl (C=O) groups is 1. The Balaban J connectivity index is 2.09. The minimum absolute atomic E-state index is 0.159. The van der Waals surface area contributed by atoms with Crippen molar-refractivity contribution in [2.75, 3.05) is 7.11 Å². The predicted molar refractivity (Wildman–Crippen MR) is 64.7 cm³/mol. The van der Waals surface area contributed by atoms with E-state index in [-0.39, 0.29) is 5.76 Å². The van der Waals surface area contributed by atoms with Crippen molar-refractivity contribution in [1.29, 1.82) is 0 Å². The molecule has 5 heteroatoms. The maximum atomic E-state index is 11.3. The Hall–Kier alpha value is -2.56. The normalized spacial score (nSPS) is 10.7. The number of nitrogens with zero attached hydrogens (tertiary/aromatic N) is 2. The number of carbonyl (C=O) groups excluding carboxylic acids is 1. The third-order valence-corrected chi connectivity index (χ3v) is 2.66. The minimum Gasteiger partial charge on any atom is -0.463 e. The summed E-state index contributed by atoms with van der Waals surface area (Å²) in [5, 5.41) is 5.24. The zero-order valence-corrected chi connectivity index (χ0v) is 9.66. The van der Waals surface area contributed by atoms with Gasteiger partial charge in [-0.05, 0) is 12.1 Å². The maximum Gasteiger partial charge on any atom is 0.374 e. The summed E-state index contributed by atoms with van der Waals surface area (Å²) < 4.78 is 11.6. The molecule has 90 valence electrons. The second-order valence-electron chi connectivity index (χ2n) is 3.74. The topological polar surface area (TPSA) is 57.3 Å². The molecule has 0 aliphatic heterocycles. The van der Waals surface area contributed by atoms with Gasteiger partial charge in [0.1, 0.15) is 0 Å². The van der Waals surface area contributed by atoms with Crippen LogP contribution in [0.1, 0.15) is 10.6 Å². The van der Waals surface area contributed by atoms with E-state index in [1.54, 1.807) is 23.0 Å². The van der Waals surface area contributed by atoms with E-state index < -0.39 is 5.97 Å². The SMILES string of the molecule is COC(=O)c1ccc(-n2ncc3ccccc32)o1. The number of furan rings is 1. The lowest BCUT2D eigenvalue weighted by molar-refractivity contribution is 0.0564. The molecule has 0 N–H and O–H groups in total. The lowest BCUT2D eigenvalue weighted by Crippen LogP contribution is -1.99. The number of ether oxygens (including phenoxy) is 1. The summed E-state index contributed by atoms with van der Waals surface area (Å²) in [4.78, 5) is 11.3. The summed E-state index contributed by atoms with van der Waals surface area (Å²) in [6.07, 6.45) is 1.75. The molecule has 5 nitrogen and oxygen atoms in total. The Morgan fingerprint density at radius 1 is 1.28 bits per heavy atom. The quantitative estimate of drug-likeness (QED) is 0.647. The monoisotopic (exact) mass is 242 g/mol. The van der Waals surface area contributed by atoms with Crippen molar-refractivity contribution in [3.05, 3.63) is 48.4 Å². The predicted octanol–water partition coefficient (Wildman–Crippen LogP) is 2.41. The Bertz CT molecular complexity index is 712. The van der Waals surface area contributed by atoms with Crippen LogP contribution in [0.3, 0.4) is 0 Å². The van der Waals surface area contributed by atoms with Crippen LogP contribution in [0.4, 0.5) is 0 Å². The van der Waals surface area contributed by atoms with Crippen LogP contribution in [0, 0.1) is 0 Å². The molecule has 0 aliphatic carbocycles. The van der Waals surface area contributed by atoms with Crippen molar-refractivity contribution in [1.82, 2.24) is 9.78 Å². The van der Waals surface area contributed by atoms with E-state index in [0.717, 1.165) is 10.9 Å². The van der Waals surface area contributed by atoms with Crippen molar-refractivity contribution in [3.8, 4) is 5.88 Å². The van der Waals surface area contributed by atoms with Gasteiger partial charge in [0.15, 0.2) is 0 Å². The Morgan fingerprint density at radius 2 is 2.11 bits per heavy atom. The van der Waals surface area contributed by atoms with Crippen LogP contribution >= 0.6 is 0 Å². The van der Waals surface area contributed by atoms with Gasteiger partial charge in [-0.3, -0.25) is 0 Å². The van der Waals surface area contributed by atoms with E-state index in [1.165, 1.54) is 7.11 Å². The second kappa shape index (κ2) is 4.03. The summed E-state index contributed by atoms with van der Waals surface area (Å²) in [5.74, 6) is 0.140. The fraction of sp³-hybridized carbons (Fsp3) is 0.0769. The molecule has 3 aromatic rings. The highest BCUT2D eigenvalue weighted by molar-refractivity contribution is 5.86. The van der Waals surface area contributed by atoms with E-state index in [4.69, 9.17) is 4.42 Å². The number of para-hydroxylation sites is 1. The summed E-state index contributed by atoms with van der Waals surface area (Å²) in [7, 11) is 1.31. The molecule has 0 saturated heterocycles. The Morgan fingerprint density at radius 3 is 2.94 bits per heavy atom. The van der Waals surface area contributed by atoms with Crippen molar-refractivity contribution in [2.45, 2.75) is 0 Å². The highest BCUT2D eigenvalue weighted by atomic mass is 16.5. The van der Waals surface area contributed by atoms with Crippen LogP contribution < -0.4 is 0 Å². The fourth-order valence-corrected chi connectivity index (χ4v) is 1.80. The molecular formula is C13H10N2O3. The van der Waals surface area contributed by atoms with Gasteiger partial charge in [-0.2, -0.15) is 5.10 Å². The molecule has 0 aliphatic rings. The smallest absolute Gasteiger partial charge is 0.374 e. The van der Waals surface area contributed by atoms with Crippen LogP contribution in [0.15, 0.2) is 47.0 Å². The fourth-order valence-electron chi connectivity index (χ4n) is 1.80. The van der Waals surface area contributed by atoms with Crippen LogP contribution in [-0.2, 0) is 4.74 Å². The molecule has 0 bridgehead atoms. The zero-order valence-electron chi connectivity index (χ0n) is 9.66. The molecule has 0 amide bonds.